The van der Waals surface area contributed by atoms with Crippen LogP contribution in [0, 0.1) is 10.2 Å². The summed E-state index contributed by atoms with van der Waals surface area (Å²) in [5.41, 5.74) is 0.980. The fraction of sp³-hybridized carbons (Fsp3) is 0.250. The topological polar surface area (TPSA) is 104 Å². The molecule has 5 nitrogen and oxygen atoms in total. The van der Waals surface area contributed by atoms with Gasteiger partial charge in [0, 0.05) is 12.1 Å². The van der Waals surface area contributed by atoms with Gasteiger partial charge in [-0.2, -0.15) is 0 Å². The van der Waals surface area contributed by atoms with Crippen molar-refractivity contribution in [2.24, 2.45) is 0 Å². The second-order valence-electron chi connectivity index (χ2n) is 3.57. The predicted octanol–water partition coefficient (Wildman–Crippen LogP) is -1.09. The summed E-state index contributed by atoms with van der Waals surface area (Å²) in [7, 11) is -4.94. The number of hydrogen-bond donors (Lipinski definition) is 0. The molecule has 1 aromatic carbocycles. The summed E-state index contributed by atoms with van der Waals surface area (Å²) >= 11 is 0. The predicted molar refractivity (Wildman–Crippen MR) is 54.6 cm³/mol. The van der Waals surface area contributed by atoms with Crippen LogP contribution in [-0.4, -0.2) is 0 Å². The molecule has 0 amide bonds. The molecule has 1 heterocycles. The summed E-state index contributed by atoms with van der Waals surface area (Å²) in [4.78, 5) is 0. The van der Waals surface area contributed by atoms with E-state index in [0.717, 1.165) is 24.2 Å². The maximum absolute atomic E-state index is 8.49. The normalized spacial score (nSPS) is 10.9. The van der Waals surface area contributed by atoms with Gasteiger partial charge in [-0.25, -0.2) is 23.1 Å². The van der Waals surface area contributed by atoms with Crippen LogP contribution in [0.3, 0.4) is 0 Å². The highest BCUT2D eigenvalue weighted by atomic mass is 35.7. The third-order valence-electron chi connectivity index (χ3n) is 2.11. The zero-order valence-electron chi connectivity index (χ0n) is 9.80. The Morgan fingerprint density at radius 3 is 2.22 bits per heavy atom. The monoisotopic (exact) mass is 272 g/mol. The highest BCUT2D eigenvalue weighted by Crippen LogP contribution is 2.16. The molecule has 0 aliphatic carbocycles. The smallest absolute Gasteiger partial charge is 0.222 e. The van der Waals surface area contributed by atoms with E-state index in [0.29, 0.717) is 0 Å². The van der Waals surface area contributed by atoms with Crippen molar-refractivity contribution in [3.63, 3.8) is 0 Å². The summed E-state index contributed by atoms with van der Waals surface area (Å²) in [5, 5.41) is 1.17. The number of rotatable bonds is 2. The highest BCUT2D eigenvalue weighted by Gasteiger charge is 2.09. The summed E-state index contributed by atoms with van der Waals surface area (Å²) in [6.45, 7) is 2.16. The number of fused-ring (bicyclic) bond motifs is 1. The minimum atomic E-state index is -4.94. The largest absolute Gasteiger partial charge is 0.360 e. The van der Waals surface area contributed by atoms with Crippen LogP contribution in [0.1, 0.15) is 19.1 Å². The number of halogens is 1. The fourth-order valence-electron chi connectivity index (χ4n) is 1.45. The third-order valence-corrected chi connectivity index (χ3v) is 2.11. The van der Waals surface area contributed by atoms with Crippen LogP contribution in [0.5, 0.6) is 0 Å². The first-order valence-corrected chi connectivity index (χ1v) is 6.56. The first kappa shape index (κ1) is 14.8. The Morgan fingerprint density at radius 2 is 1.61 bits per heavy atom. The Balaban J connectivity index is 0.000000280. The molecule has 0 saturated heterocycles. The van der Waals surface area contributed by atoms with Crippen LogP contribution >= 0.6 is 0 Å². The molecule has 0 aliphatic rings. The Morgan fingerprint density at radius 1 is 1.00 bits per heavy atom. The third kappa shape index (κ3) is 5.90. The Kier molecular flexibility index (Phi) is 5.46. The van der Waals surface area contributed by atoms with E-state index in [2.05, 4.69) is 25.1 Å². The van der Waals surface area contributed by atoms with Gasteiger partial charge in [0.2, 0.25) is 0 Å². The molecule has 0 aliphatic heterocycles. The maximum Gasteiger partial charge on any atom is 0.360 e. The molecule has 18 heavy (non-hydrogen) atoms. The molecular formula is C12H13ClO5. The van der Waals surface area contributed by atoms with Crippen molar-refractivity contribution in [1.82, 2.24) is 0 Å². The molecule has 6 heteroatoms. The van der Waals surface area contributed by atoms with E-state index < -0.39 is 10.2 Å². The quantitative estimate of drug-likeness (QED) is 0.646. The van der Waals surface area contributed by atoms with Gasteiger partial charge in [0.1, 0.15) is 0 Å². The highest BCUT2D eigenvalue weighted by molar-refractivity contribution is 5.76. The summed E-state index contributed by atoms with van der Waals surface area (Å²) in [5.74, 6) is 1.07. The zero-order chi connectivity index (χ0) is 13.6. The average molecular weight is 273 g/mol. The zero-order valence-corrected chi connectivity index (χ0v) is 10.6. The van der Waals surface area contributed by atoms with Gasteiger partial charge in [-0.1, -0.05) is 19.1 Å². The first-order chi connectivity index (χ1) is 8.40. The molecule has 0 N–H and O–H groups in total. The molecule has 0 unspecified atom stereocenters. The van der Waals surface area contributed by atoms with Crippen molar-refractivity contribution >= 4 is 11.0 Å². The first-order valence-electron chi connectivity index (χ1n) is 5.32. The molecule has 0 saturated carbocycles. The lowest BCUT2D eigenvalue weighted by molar-refractivity contribution is -2.00. The van der Waals surface area contributed by atoms with E-state index >= 15 is 0 Å². The van der Waals surface area contributed by atoms with Crippen molar-refractivity contribution in [2.75, 3.05) is 0 Å². The number of hydrogen-bond acceptors (Lipinski definition) is 4. The van der Waals surface area contributed by atoms with Crippen LogP contribution < -0.4 is 18.6 Å². The van der Waals surface area contributed by atoms with E-state index in [9.17, 15) is 0 Å². The Labute approximate surface area is 107 Å². The van der Waals surface area contributed by atoms with Gasteiger partial charge in [0.05, 0.1) is 11.8 Å². The molecule has 1 aromatic heterocycles. The van der Waals surface area contributed by atoms with Crippen molar-refractivity contribution in [2.45, 2.75) is 19.8 Å². The minimum Gasteiger partial charge on any atom is -0.222 e. The number of benzene rings is 1. The molecule has 2 aromatic rings. The van der Waals surface area contributed by atoms with Gasteiger partial charge in [0.15, 0.2) is 0 Å². The van der Waals surface area contributed by atoms with E-state index in [1.54, 1.807) is 0 Å². The molecule has 2 rings (SSSR count). The van der Waals surface area contributed by atoms with Crippen LogP contribution in [-0.2, 0) is 6.42 Å². The van der Waals surface area contributed by atoms with E-state index in [1.807, 2.05) is 18.2 Å². The molecule has 0 radical (unpaired) electrons. The lowest BCUT2D eigenvalue weighted by Gasteiger charge is -2.17. The van der Waals surface area contributed by atoms with Gasteiger partial charge < -0.3 is 0 Å². The minimum absolute atomic E-state index is 0.980. The van der Waals surface area contributed by atoms with Crippen LogP contribution in [0.25, 0.3) is 11.0 Å². The Bertz CT molecular complexity index is 489. The molecule has 98 valence electrons. The lowest BCUT2D eigenvalue weighted by Crippen LogP contribution is -2.68. The lowest BCUT2D eigenvalue weighted by atomic mass is 10.2. The summed E-state index contributed by atoms with van der Waals surface area (Å²) in [6.07, 6.45) is 2.15. The fourth-order valence-corrected chi connectivity index (χ4v) is 1.45. The van der Waals surface area contributed by atoms with E-state index in [1.165, 1.54) is 5.39 Å². The molecule has 0 fully saturated rings. The van der Waals surface area contributed by atoms with E-state index in [4.69, 9.17) is 23.1 Å². The second kappa shape index (κ2) is 6.63. The van der Waals surface area contributed by atoms with Crippen LogP contribution in [0.2, 0.25) is 0 Å². The van der Waals surface area contributed by atoms with Gasteiger partial charge in [-0.3, -0.25) is 0 Å². The van der Waals surface area contributed by atoms with Gasteiger partial charge in [-0.05, 0) is 18.6 Å². The van der Waals surface area contributed by atoms with E-state index in [-0.39, 0.29) is 0 Å². The van der Waals surface area contributed by atoms with Crippen LogP contribution in [0.15, 0.2) is 40.8 Å². The average Bonchev–Trinajstić information content (AvgIpc) is 2.27. The summed E-state index contributed by atoms with van der Waals surface area (Å²) < 4.78 is 39.7. The van der Waals surface area contributed by atoms with Crippen molar-refractivity contribution < 1.29 is 33.3 Å². The van der Waals surface area contributed by atoms with Crippen molar-refractivity contribution in [1.29, 1.82) is 0 Å². The van der Waals surface area contributed by atoms with Gasteiger partial charge in [-0.15, -0.1) is 10.2 Å². The molecule has 0 atom stereocenters. The number of para-hydroxylation sites is 1. The van der Waals surface area contributed by atoms with Crippen molar-refractivity contribution in [3.05, 3.63) is 42.2 Å². The standard InChI is InChI=1S/C12H13O.ClHO4/c1-2-5-11-9-8-10-6-3-4-7-12(10)13-11;2-1(3,4)5/h3-4,6-9H,2,5H2,1H3;(H,2,3,4,5)/q+1;/p-1. The Hall–Kier alpha value is -1.24. The van der Waals surface area contributed by atoms with Crippen LogP contribution in [0.4, 0.5) is 0 Å². The summed E-state index contributed by atoms with van der Waals surface area (Å²) in [6, 6.07) is 12.3. The molecule has 0 bridgehead atoms. The number of aryl methyl sites for hydroxylation is 1. The maximum atomic E-state index is 8.49. The second-order valence-corrected chi connectivity index (χ2v) is 4.32. The van der Waals surface area contributed by atoms with Gasteiger partial charge in [0.25, 0.3) is 0 Å². The van der Waals surface area contributed by atoms with Gasteiger partial charge >= 0.3 is 11.3 Å². The molecular weight excluding hydrogens is 260 g/mol. The molecule has 0 spiro atoms. The SMILES string of the molecule is CCCc1ccc2ccccc2[o+]1.[O-][Cl+3]([O-])([O-])[O-]. The van der Waals surface area contributed by atoms with Crippen molar-refractivity contribution in [3.8, 4) is 0 Å².